The van der Waals surface area contributed by atoms with Crippen molar-refractivity contribution in [1.29, 1.82) is 5.41 Å². The molecule has 0 saturated carbocycles. The van der Waals surface area contributed by atoms with Gasteiger partial charge in [-0.3, -0.25) is 14.6 Å². The van der Waals surface area contributed by atoms with Gasteiger partial charge in [0.2, 0.25) is 5.91 Å². The van der Waals surface area contributed by atoms with Crippen LogP contribution in [0, 0.1) is 29.8 Å². The summed E-state index contributed by atoms with van der Waals surface area (Å²) in [6, 6.07) is 12.7. The number of nitrogens with one attached hydrogen (secondary N) is 3. The fraction of sp³-hybridized carbons (Fsp3) is 0.133. The number of benzene rings is 3. The van der Waals surface area contributed by atoms with Crippen molar-refractivity contribution in [2.24, 2.45) is 5.73 Å². The van der Waals surface area contributed by atoms with Crippen LogP contribution in [0.4, 0.5) is 18.9 Å². The van der Waals surface area contributed by atoms with E-state index in [0.717, 1.165) is 36.0 Å². The van der Waals surface area contributed by atoms with E-state index in [1.807, 2.05) is 6.92 Å². The first kappa shape index (κ1) is 29.3. The van der Waals surface area contributed by atoms with E-state index in [9.17, 15) is 22.8 Å². The molecule has 210 valence electrons. The number of aromatic nitrogens is 1. The molecule has 0 aliphatic heterocycles. The van der Waals surface area contributed by atoms with Crippen molar-refractivity contribution in [3.63, 3.8) is 0 Å². The topological polar surface area (TPSA) is 121 Å². The summed E-state index contributed by atoms with van der Waals surface area (Å²) in [6.45, 7) is 1.60. The average molecular weight is 580 g/mol. The molecule has 0 spiro atoms. The smallest absolute Gasteiger partial charge is 0.251 e. The van der Waals surface area contributed by atoms with Gasteiger partial charge in [0.25, 0.3) is 5.91 Å². The van der Waals surface area contributed by atoms with Crippen molar-refractivity contribution in [1.82, 2.24) is 10.3 Å². The Morgan fingerprint density at radius 1 is 1.07 bits per heavy atom. The summed E-state index contributed by atoms with van der Waals surface area (Å²) < 4.78 is 42.2. The van der Waals surface area contributed by atoms with Crippen LogP contribution in [0.2, 0.25) is 5.02 Å². The van der Waals surface area contributed by atoms with Gasteiger partial charge in [0, 0.05) is 35.3 Å². The number of rotatable bonds is 10. The molecule has 0 aliphatic rings. The SMILES string of the molecule is Cc1cc(Cl)c(C=N)c(NCC(=O)NC(Cc2cc(F)cc(F)c2)c2ncccc2-c2ccc(F)c(C(N)=O)c2)c1. The molecule has 4 rings (SSSR count). The van der Waals surface area contributed by atoms with Crippen molar-refractivity contribution < 1.29 is 22.8 Å². The zero-order chi connectivity index (χ0) is 29.7. The molecule has 1 unspecified atom stereocenters. The summed E-state index contributed by atoms with van der Waals surface area (Å²) in [5.41, 5.74) is 8.12. The van der Waals surface area contributed by atoms with Gasteiger partial charge in [-0.1, -0.05) is 23.7 Å². The van der Waals surface area contributed by atoms with Gasteiger partial charge in [0.1, 0.15) is 17.5 Å². The molecular weight excluding hydrogens is 555 g/mol. The third-order valence-corrected chi connectivity index (χ3v) is 6.58. The summed E-state index contributed by atoms with van der Waals surface area (Å²) in [5, 5.41) is 13.8. The van der Waals surface area contributed by atoms with E-state index in [2.05, 4.69) is 15.6 Å². The van der Waals surface area contributed by atoms with E-state index in [1.54, 1.807) is 24.3 Å². The number of halogens is 4. The van der Waals surface area contributed by atoms with Crippen molar-refractivity contribution in [3.05, 3.63) is 117 Å². The molecule has 11 heteroatoms. The maximum Gasteiger partial charge on any atom is 0.251 e. The van der Waals surface area contributed by atoms with Crippen LogP contribution in [0.15, 0.2) is 66.9 Å². The molecule has 0 bridgehead atoms. The Labute approximate surface area is 239 Å². The lowest BCUT2D eigenvalue weighted by Crippen LogP contribution is -2.35. The molecule has 7 nitrogen and oxygen atoms in total. The predicted molar refractivity (Wildman–Crippen MR) is 152 cm³/mol. The highest BCUT2D eigenvalue weighted by Crippen LogP contribution is 2.30. The largest absolute Gasteiger partial charge is 0.376 e. The molecule has 0 radical (unpaired) electrons. The highest BCUT2D eigenvalue weighted by molar-refractivity contribution is 6.33. The number of nitrogens with two attached hydrogens (primary N) is 1. The second-order valence-electron chi connectivity index (χ2n) is 9.30. The lowest BCUT2D eigenvalue weighted by molar-refractivity contribution is -0.120. The molecule has 4 aromatic rings. The monoisotopic (exact) mass is 579 g/mol. The van der Waals surface area contributed by atoms with Crippen LogP contribution >= 0.6 is 11.6 Å². The molecule has 1 atom stereocenters. The van der Waals surface area contributed by atoms with Gasteiger partial charge in [0.15, 0.2) is 0 Å². The van der Waals surface area contributed by atoms with Crippen molar-refractivity contribution in [2.45, 2.75) is 19.4 Å². The van der Waals surface area contributed by atoms with Gasteiger partial charge in [-0.15, -0.1) is 0 Å². The van der Waals surface area contributed by atoms with E-state index in [-0.39, 0.29) is 24.1 Å². The van der Waals surface area contributed by atoms with Crippen molar-refractivity contribution in [3.8, 4) is 11.1 Å². The Hall–Kier alpha value is -4.70. The summed E-state index contributed by atoms with van der Waals surface area (Å²) in [6.07, 6.45) is 2.51. The van der Waals surface area contributed by atoms with Crippen molar-refractivity contribution >= 4 is 35.3 Å². The fourth-order valence-electron chi connectivity index (χ4n) is 4.47. The second kappa shape index (κ2) is 12.6. The van der Waals surface area contributed by atoms with Crippen LogP contribution in [0.5, 0.6) is 0 Å². The summed E-state index contributed by atoms with van der Waals surface area (Å²) in [4.78, 5) is 29.4. The van der Waals surface area contributed by atoms with Crippen LogP contribution < -0.4 is 16.4 Å². The lowest BCUT2D eigenvalue weighted by Gasteiger charge is -2.22. The van der Waals surface area contributed by atoms with E-state index in [0.29, 0.717) is 33.1 Å². The van der Waals surface area contributed by atoms with Crippen LogP contribution in [-0.2, 0) is 11.2 Å². The Balaban J connectivity index is 1.69. The Morgan fingerprint density at radius 2 is 1.80 bits per heavy atom. The number of carbonyl (C=O) groups is 2. The van der Waals surface area contributed by atoms with Crippen LogP contribution in [0.25, 0.3) is 11.1 Å². The number of amides is 2. The van der Waals surface area contributed by atoms with Gasteiger partial charge < -0.3 is 21.8 Å². The normalized spacial score (nSPS) is 11.5. The number of aryl methyl sites for hydroxylation is 1. The van der Waals surface area contributed by atoms with Gasteiger partial charge in [-0.2, -0.15) is 0 Å². The van der Waals surface area contributed by atoms with Gasteiger partial charge in [-0.05, 0) is 72.5 Å². The molecule has 1 aromatic heterocycles. The lowest BCUT2D eigenvalue weighted by atomic mass is 9.94. The zero-order valence-electron chi connectivity index (χ0n) is 21.8. The minimum absolute atomic E-state index is 0.0453. The summed E-state index contributed by atoms with van der Waals surface area (Å²) >= 11 is 6.23. The maximum atomic E-state index is 14.2. The number of nitrogens with zero attached hydrogens (tertiary/aromatic N) is 1. The standard InChI is InChI=1S/C30H25ClF3N5O2/c1-16-7-24(31)23(14-35)26(8-16)38-15-28(40)39-27(11-17-9-19(32)13-20(33)10-17)29-21(3-2-6-37-29)18-4-5-25(34)22(12-18)30(36)41/h2-10,12-14,27,35,38H,11,15H2,1H3,(H2,36,41)(H,39,40). The number of primary amides is 1. The van der Waals surface area contributed by atoms with E-state index in [1.165, 1.54) is 18.3 Å². The molecule has 1 heterocycles. The average Bonchev–Trinajstić information content (AvgIpc) is 2.91. The number of hydrogen-bond acceptors (Lipinski definition) is 5. The molecule has 41 heavy (non-hydrogen) atoms. The summed E-state index contributed by atoms with van der Waals surface area (Å²) in [5.74, 6) is -3.81. The van der Waals surface area contributed by atoms with Crippen LogP contribution in [0.1, 0.15) is 38.8 Å². The number of carbonyl (C=O) groups excluding carboxylic acids is 2. The molecule has 5 N–H and O–H groups in total. The molecule has 2 amide bonds. The van der Waals surface area contributed by atoms with Gasteiger partial charge >= 0.3 is 0 Å². The van der Waals surface area contributed by atoms with Crippen molar-refractivity contribution in [2.75, 3.05) is 11.9 Å². The minimum Gasteiger partial charge on any atom is -0.376 e. The third-order valence-electron chi connectivity index (χ3n) is 6.27. The van der Waals surface area contributed by atoms with Crippen LogP contribution in [0.3, 0.4) is 0 Å². The quantitative estimate of drug-likeness (QED) is 0.179. The molecule has 0 aliphatic carbocycles. The number of anilines is 1. The Morgan fingerprint density at radius 3 is 2.49 bits per heavy atom. The second-order valence-corrected chi connectivity index (χ2v) is 9.71. The third kappa shape index (κ3) is 7.09. The fourth-order valence-corrected chi connectivity index (χ4v) is 4.80. The van der Waals surface area contributed by atoms with Gasteiger partial charge in [-0.25, -0.2) is 13.2 Å². The zero-order valence-corrected chi connectivity index (χ0v) is 22.5. The molecule has 0 saturated heterocycles. The van der Waals surface area contributed by atoms with E-state index >= 15 is 0 Å². The first-order chi connectivity index (χ1) is 19.5. The first-order valence-electron chi connectivity index (χ1n) is 12.4. The van der Waals surface area contributed by atoms with E-state index < -0.39 is 35.3 Å². The summed E-state index contributed by atoms with van der Waals surface area (Å²) in [7, 11) is 0. The van der Waals surface area contributed by atoms with E-state index in [4.69, 9.17) is 22.7 Å². The van der Waals surface area contributed by atoms with Gasteiger partial charge in [0.05, 0.1) is 28.9 Å². The maximum absolute atomic E-state index is 14.2. The van der Waals surface area contributed by atoms with Crippen LogP contribution in [-0.4, -0.2) is 29.6 Å². The molecular formula is C30H25ClF3N5O2. The number of hydrogen-bond donors (Lipinski definition) is 4. The molecule has 3 aromatic carbocycles. The Bertz CT molecular complexity index is 1630. The predicted octanol–water partition coefficient (Wildman–Crippen LogP) is 5.74. The Kier molecular flexibility index (Phi) is 9.04. The highest BCUT2D eigenvalue weighted by Gasteiger charge is 2.23. The number of pyridine rings is 1. The molecule has 0 fully saturated rings. The minimum atomic E-state index is -0.957. The first-order valence-corrected chi connectivity index (χ1v) is 12.8. The highest BCUT2D eigenvalue weighted by atomic mass is 35.5.